The Balaban J connectivity index is 3.62. The van der Waals surface area contributed by atoms with Gasteiger partial charge in [0.1, 0.15) is 6.10 Å². The van der Waals surface area contributed by atoms with Gasteiger partial charge < -0.3 is 10.2 Å². The second kappa shape index (κ2) is 5.30. The third kappa shape index (κ3) is 3.20. The van der Waals surface area contributed by atoms with E-state index >= 15 is 0 Å². The van der Waals surface area contributed by atoms with E-state index in [9.17, 15) is 31.4 Å². The van der Waals surface area contributed by atoms with Crippen molar-refractivity contribution < 1.29 is 36.6 Å². The molecule has 0 saturated carbocycles. The minimum absolute atomic E-state index is 0.331. The van der Waals surface area contributed by atoms with E-state index in [1.165, 1.54) is 0 Å². The molecule has 0 amide bonds. The number of hydrogen-bond donors (Lipinski definition) is 2. The lowest BCUT2D eigenvalue weighted by Crippen LogP contribution is -2.24. The van der Waals surface area contributed by atoms with Crippen LogP contribution < -0.4 is 0 Å². The largest absolute Gasteiger partial charge is 0.416 e. The topological polar surface area (TPSA) is 64.2 Å². The average molecular weight is 299 g/mol. The lowest BCUT2D eigenvalue weighted by atomic mass is 9.93. The van der Waals surface area contributed by atoms with E-state index in [1.54, 1.807) is 0 Å². The normalized spacial score (nSPS) is 15.6. The second-order valence-electron chi connectivity index (χ2n) is 3.78. The lowest BCUT2D eigenvalue weighted by Gasteiger charge is -2.22. The highest BCUT2D eigenvalue weighted by atomic mass is 19.4. The van der Waals surface area contributed by atoms with Crippen LogP contribution in [0.4, 0.5) is 26.3 Å². The van der Waals surface area contributed by atoms with Crippen LogP contribution in [-0.2, 0) is 12.4 Å². The Morgan fingerprint density at radius 2 is 1.35 bits per heavy atom. The van der Waals surface area contributed by atoms with E-state index < -0.39 is 41.3 Å². The Kier molecular flexibility index (Phi) is 4.31. The van der Waals surface area contributed by atoms with Crippen LogP contribution in [0.2, 0.25) is 0 Å². The van der Waals surface area contributed by atoms with Crippen LogP contribution in [0.3, 0.4) is 0 Å². The fourth-order valence-corrected chi connectivity index (χ4v) is 1.61. The highest BCUT2D eigenvalue weighted by molar-refractivity contribution is 5.41. The van der Waals surface area contributed by atoms with Gasteiger partial charge >= 0.3 is 12.4 Å². The molecule has 0 saturated heterocycles. The highest BCUT2D eigenvalue weighted by Gasteiger charge is 2.43. The Morgan fingerprint density at radius 3 is 1.65 bits per heavy atom. The number of alkyl halides is 6. The van der Waals surface area contributed by atoms with E-state index in [2.05, 4.69) is 0 Å². The molecule has 20 heavy (non-hydrogen) atoms. The van der Waals surface area contributed by atoms with Gasteiger partial charge in [-0.3, -0.25) is 0 Å². The first kappa shape index (κ1) is 16.3. The van der Waals surface area contributed by atoms with Crippen molar-refractivity contribution in [3.05, 3.63) is 34.9 Å². The summed E-state index contributed by atoms with van der Waals surface area (Å²) in [4.78, 5) is 0. The van der Waals surface area contributed by atoms with Gasteiger partial charge in [-0.05, 0) is 12.1 Å². The van der Waals surface area contributed by atoms with Crippen LogP contribution in [0.25, 0.3) is 0 Å². The zero-order valence-electron chi connectivity index (χ0n) is 9.50. The number of hydrogen-bond acceptors (Lipinski definition) is 3. The molecule has 0 bridgehead atoms. The molecular formula is C11H7F6NO2. The summed E-state index contributed by atoms with van der Waals surface area (Å²) in [5.74, 6) is 0. The Labute approximate surface area is 108 Å². The van der Waals surface area contributed by atoms with Gasteiger partial charge in [0.2, 0.25) is 0 Å². The van der Waals surface area contributed by atoms with Gasteiger partial charge in [-0.2, -0.15) is 31.6 Å². The molecule has 1 rings (SSSR count). The lowest BCUT2D eigenvalue weighted by molar-refractivity contribution is -0.147. The zero-order chi connectivity index (χ0) is 15.7. The third-order valence-corrected chi connectivity index (χ3v) is 2.44. The molecule has 0 aliphatic rings. The molecule has 2 atom stereocenters. The minimum Gasteiger partial charge on any atom is -0.385 e. The van der Waals surface area contributed by atoms with Crippen molar-refractivity contribution in [1.29, 1.82) is 5.26 Å². The molecule has 1 aromatic carbocycles. The SMILES string of the molecule is N#CC(O)C(O)c1c(C(F)(F)F)cccc1C(F)(F)F. The zero-order valence-corrected chi connectivity index (χ0v) is 9.50. The predicted octanol–water partition coefficient (Wildman–Crippen LogP) is 2.64. The summed E-state index contributed by atoms with van der Waals surface area (Å²) in [5.41, 5.74) is -5.08. The van der Waals surface area contributed by atoms with E-state index in [4.69, 9.17) is 10.4 Å². The number of aliphatic hydroxyl groups excluding tert-OH is 2. The average Bonchev–Trinajstić information content (AvgIpc) is 2.33. The van der Waals surface area contributed by atoms with Crippen LogP contribution in [-0.4, -0.2) is 16.3 Å². The van der Waals surface area contributed by atoms with Gasteiger partial charge in [-0.25, -0.2) is 0 Å². The van der Waals surface area contributed by atoms with Gasteiger partial charge in [-0.1, -0.05) is 6.07 Å². The van der Waals surface area contributed by atoms with Crippen molar-refractivity contribution in [2.45, 2.75) is 24.6 Å². The third-order valence-electron chi connectivity index (χ3n) is 2.44. The molecule has 2 unspecified atom stereocenters. The second-order valence-corrected chi connectivity index (χ2v) is 3.78. The molecule has 0 spiro atoms. The van der Waals surface area contributed by atoms with Crippen LogP contribution in [0.5, 0.6) is 0 Å². The van der Waals surface area contributed by atoms with Crippen molar-refractivity contribution in [2.24, 2.45) is 0 Å². The molecule has 2 N–H and O–H groups in total. The first-order chi connectivity index (χ1) is 9.00. The van der Waals surface area contributed by atoms with E-state index in [0.717, 1.165) is 6.07 Å². The van der Waals surface area contributed by atoms with E-state index in [-0.39, 0.29) is 0 Å². The molecule has 3 nitrogen and oxygen atoms in total. The predicted molar refractivity (Wildman–Crippen MR) is 53.0 cm³/mol. The first-order valence-electron chi connectivity index (χ1n) is 5.03. The molecule has 0 aromatic heterocycles. The maximum Gasteiger partial charge on any atom is 0.416 e. The summed E-state index contributed by atoms with van der Waals surface area (Å²) in [6, 6.07) is 2.18. The van der Waals surface area contributed by atoms with Crippen LogP contribution in [0.15, 0.2) is 18.2 Å². The molecule has 110 valence electrons. The molecule has 0 fully saturated rings. The van der Waals surface area contributed by atoms with Crippen molar-refractivity contribution in [2.75, 3.05) is 0 Å². The van der Waals surface area contributed by atoms with Crippen molar-refractivity contribution in [3.63, 3.8) is 0 Å². The summed E-state index contributed by atoms with van der Waals surface area (Å²) in [7, 11) is 0. The molecule has 9 heteroatoms. The monoisotopic (exact) mass is 299 g/mol. The van der Waals surface area contributed by atoms with Crippen molar-refractivity contribution in [3.8, 4) is 6.07 Å². The smallest absolute Gasteiger partial charge is 0.385 e. The molecule has 0 aliphatic heterocycles. The maximum absolute atomic E-state index is 12.7. The molecule has 1 aromatic rings. The van der Waals surface area contributed by atoms with Gasteiger partial charge in [0, 0.05) is 5.56 Å². The summed E-state index contributed by atoms with van der Waals surface area (Å²) in [5, 5.41) is 26.8. The van der Waals surface area contributed by atoms with Gasteiger partial charge in [0.05, 0.1) is 17.2 Å². The number of nitriles is 1. The number of nitrogens with zero attached hydrogens (tertiary/aromatic N) is 1. The van der Waals surface area contributed by atoms with Gasteiger partial charge in [0.25, 0.3) is 0 Å². The Morgan fingerprint density at radius 1 is 0.950 bits per heavy atom. The van der Waals surface area contributed by atoms with Crippen molar-refractivity contribution >= 4 is 0 Å². The summed E-state index contributed by atoms with van der Waals surface area (Å²) < 4.78 is 76.2. The van der Waals surface area contributed by atoms with Crippen molar-refractivity contribution in [1.82, 2.24) is 0 Å². The van der Waals surface area contributed by atoms with Crippen LogP contribution >= 0.6 is 0 Å². The van der Waals surface area contributed by atoms with E-state index in [1.807, 2.05) is 0 Å². The molecular weight excluding hydrogens is 292 g/mol. The van der Waals surface area contributed by atoms with Crippen LogP contribution in [0, 0.1) is 11.3 Å². The first-order valence-corrected chi connectivity index (χ1v) is 5.03. The maximum atomic E-state index is 12.7. The Bertz CT molecular complexity index is 499. The van der Waals surface area contributed by atoms with Crippen LogP contribution in [0.1, 0.15) is 22.8 Å². The summed E-state index contributed by atoms with van der Waals surface area (Å²) >= 11 is 0. The quantitative estimate of drug-likeness (QED) is 0.652. The number of benzene rings is 1. The molecule has 0 aliphatic carbocycles. The minimum atomic E-state index is -5.17. The number of aliphatic hydroxyl groups is 2. The summed E-state index contributed by atoms with van der Waals surface area (Å²) in [6.07, 6.45) is -15.4. The van der Waals surface area contributed by atoms with Gasteiger partial charge in [0.15, 0.2) is 6.10 Å². The number of rotatable bonds is 2. The van der Waals surface area contributed by atoms with Gasteiger partial charge in [-0.15, -0.1) is 0 Å². The highest BCUT2D eigenvalue weighted by Crippen LogP contribution is 2.42. The fourth-order valence-electron chi connectivity index (χ4n) is 1.61. The Hall–Kier alpha value is -1.79. The molecule has 0 radical (unpaired) electrons. The standard InChI is InChI=1S/C11H7F6NO2/c12-10(13,14)5-2-1-3-6(11(15,16)17)8(5)9(20)7(19)4-18/h1-3,7,9,19-20H. The number of halogens is 6. The molecule has 0 heterocycles. The van der Waals surface area contributed by atoms with E-state index in [0.29, 0.717) is 18.2 Å². The fraction of sp³-hybridized carbons (Fsp3) is 0.364. The summed E-state index contributed by atoms with van der Waals surface area (Å²) in [6.45, 7) is 0.